The van der Waals surface area contributed by atoms with Crippen LogP contribution in [0.5, 0.6) is 0 Å². The Morgan fingerprint density at radius 1 is 1.31 bits per heavy atom. The highest BCUT2D eigenvalue weighted by molar-refractivity contribution is 5.76. The molecule has 0 aliphatic carbocycles. The molecule has 0 aromatic rings. The predicted molar refractivity (Wildman–Crippen MR) is 55.7 cm³/mol. The van der Waals surface area contributed by atoms with Crippen LogP contribution >= 0.6 is 0 Å². The highest BCUT2D eigenvalue weighted by Gasteiger charge is 2.12. The molecule has 3 nitrogen and oxygen atoms in total. The molecular weight excluding hydrogens is 164 g/mol. The molecule has 13 heavy (non-hydrogen) atoms. The summed E-state index contributed by atoms with van der Waals surface area (Å²) in [5.41, 5.74) is 0. The third-order valence-corrected chi connectivity index (χ3v) is 2.15. The molecular formula is C10H22N2O. The maximum atomic E-state index is 11.6. The average Bonchev–Trinajstić information content (AvgIpc) is 2.06. The van der Waals surface area contributed by atoms with E-state index in [0.29, 0.717) is 6.42 Å². The van der Waals surface area contributed by atoms with E-state index in [2.05, 4.69) is 12.2 Å². The molecule has 0 saturated carbocycles. The first-order valence-electron chi connectivity index (χ1n) is 5.16. The minimum atomic E-state index is 0.249. The van der Waals surface area contributed by atoms with Crippen molar-refractivity contribution in [2.75, 3.05) is 19.6 Å². The minimum Gasteiger partial charge on any atom is -0.343 e. The van der Waals surface area contributed by atoms with Crippen LogP contribution in [0.25, 0.3) is 0 Å². The fourth-order valence-electron chi connectivity index (χ4n) is 1.39. The molecule has 0 bridgehead atoms. The molecule has 0 saturated heterocycles. The molecule has 1 N–H and O–H groups in total. The fraction of sp³-hybridized carbons (Fsp3) is 0.900. The summed E-state index contributed by atoms with van der Waals surface area (Å²) in [6.07, 6.45) is 0.607. The first kappa shape index (κ1) is 12.4. The summed E-state index contributed by atoms with van der Waals surface area (Å²) < 4.78 is 0. The summed E-state index contributed by atoms with van der Waals surface area (Å²) in [5.74, 6) is 0.249. The Morgan fingerprint density at radius 3 is 2.23 bits per heavy atom. The van der Waals surface area contributed by atoms with Gasteiger partial charge in [-0.15, -0.1) is 0 Å². The molecule has 0 aliphatic heterocycles. The van der Waals surface area contributed by atoms with Crippen LogP contribution in [0.3, 0.4) is 0 Å². The van der Waals surface area contributed by atoms with Gasteiger partial charge in [-0.1, -0.05) is 6.92 Å². The Hall–Kier alpha value is -0.570. The van der Waals surface area contributed by atoms with Crippen LogP contribution in [0.4, 0.5) is 0 Å². The lowest BCUT2D eigenvalue weighted by atomic mass is 10.2. The molecule has 78 valence electrons. The fourth-order valence-corrected chi connectivity index (χ4v) is 1.39. The highest BCUT2D eigenvalue weighted by Crippen LogP contribution is 1.97. The summed E-state index contributed by atoms with van der Waals surface area (Å²) in [4.78, 5) is 13.4. The van der Waals surface area contributed by atoms with E-state index in [0.717, 1.165) is 19.6 Å². The molecule has 1 atom stereocenters. The monoisotopic (exact) mass is 186 g/mol. The number of hydrogen-bond donors (Lipinski definition) is 1. The van der Waals surface area contributed by atoms with Crippen molar-refractivity contribution < 1.29 is 4.79 Å². The summed E-state index contributed by atoms with van der Waals surface area (Å²) >= 11 is 0. The maximum Gasteiger partial charge on any atom is 0.224 e. The number of nitrogens with zero attached hydrogens (tertiary/aromatic N) is 1. The molecule has 3 heteroatoms. The van der Waals surface area contributed by atoms with Gasteiger partial charge in [0.25, 0.3) is 0 Å². The molecule has 0 aromatic heterocycles. The lowest BCUT2D eigenvalue weighted by Crippen LogP contribution is -2.36. The quantitative estimate of drug-likeness (QED) is 0.677. The van der Waals surface area contributed by atoms with E-state index >= 15 is 0 Å². The van der Waals surface area contributed by atoms with E-state index in [1.165, 1.54) is 0 Å². The highest BCUT2D eigenvalue weighted by atomic mass is 16.2. The topological polar surface area (TPSA) is 32.3 Å². The molecule has 0 radical (unpaired) electrons. The molecule has 0 spiro atoms. The molecule has 0 fully saturated rings. The maximum absolute atomic E-state index is 11.6. The number of amides is 1. The third-order valence-electron chi connectivity index (χ3n) is 2.15. The van der Waals surface area contributed by atoms with E-state index < -0.39 is 0 Å². The van der Waals surface area contributed by atoms with Crippen molar-refractivity contribution in [1.82, 2.24) is 10.2 Å². The lowest BCUT2D eigenvalue weighted by molar-refractivity contribution is -0.131. The Balaban J connectivity index is 3.83. The molecule has 0 rings (SSSR count). The van der Waals surface area contributed by atoms with Crippen LogP contribution in [-0.4, -0.2) is 36.5 Å². The van der Waals surface area contributed by atoms with Gasteiger partial charge in [-0.2, -0.15) is 0 Å². The Morgan fingerprint density at radius 2 is 1.85 bits per heavy atom. The third kappa shape index (κ3) is 4.88. The van der Waals surface area contributed by atoms with Crippen molar-refractivity contribution in [3.63, 3.8) is 0 Å². The number of rotatable bonds is 6. The smallest absolute Gasteiger partial charge is 0.224 e. The Bertz CT molecular complexity index is 144. The zero-order chi connectivity index (χ0) is 10.3. The summed E-state index contributed by atoms with van der Waals surface area (Å²) in [5, 5.41) is 3.23. The first-order valence-corrected chi connectivity index (χ1v) is 5.16. The Kier molecular flexibility index (Phi) is 6.59. The first-order chi connectivity index (χ1) is 6.15. The van der Waals surface area contributed by atoms with Crippen LogP contribution in [-0.2, 0) is 4.79 Å². The van der Waals surface area contributed by atoms with Gasteiger partial charge < -0.3 is 10.2 Å². The van der Waals surface area contributed by atoms with Gasteiger partial charge in [0.2, 0.25) is 5.91 Å². The van der Waals surface area contributed by atoms with E-state index in [9.17, 15) is 4.79 Å². The van der Waals surface area contributed by atoms with Crippen LogP contribution in [0.1, 0.15) is 34.1 Å². The van der Waals surface area contributed by atoms with Crippen molar-refractivity contribution in [1.29, 1.82) is 0 Å². The van der Waals surface area contributed by atoms with Gasteiger partial charge in [0.05, 0.1) is 0 Å². The summed E-state index contributed by atoms with van der Waals surface area (Å²) in [6, 6.07) is 0.290. The molecule has 1 amide bonds. The number of nitrogens with one attached hydrogen (secondary N) is 1. The molecule has 0 heterocycles. The van der Waals surface area contributed by atoms with E-state index in [1.54, 1.807) is 0 Å². The lowest BCUT2D eigenvalue weighted by Gasteiger charge is -2.21. The van der Waals surface area contributed by atoms with Crippen molar-refractivity contribution in [2.24, 2.45) is 0 Å². The SMILES string of the molecule is CCNC(C)CC(=O)N(CC)CC. The largest absolute Gasteiger partial charge is 0.343 e. The number of carbonyl (C=O) groups excluding carboxylic acids is 1. The van der Waals surface area contributed by atoms with Crippen LogP contribution in [0.2, 0.25) is 0 Å². The number of carbonyl (C=O) groups is 1. The summed E-state index contributed by atoms with van der Waals surface area (Å²) in [6.45, 7) is 10.7. The van der Waals surface area contributed by atoms with E-state index in [4.69, 9.17) is 0 Å². The second-order valence-corrected chi connectivity index (χ2v) is 3.23. The van der Waals surface area contributed by atoms with Crippen molar-refractivity contribution in [2.45, 2.75) is 40.2 Å². The minimum absolute atomic E-state index is 0.249. The van der Waals surface area contributed by atoms with Crippen molar-refractivity contribution >= 4 is 5.91 Å². The van der Waals surface area contributed by atoms with Gasteiger partial charge in [-0.3, -0.25) is 4.79 Å². The van der Waals surface area contributed by atoms with E-state index in [-0.39, 0.29) is 11.9 Å². The van der Waals surface area contributed by atoms with Gasteiger partial charge in [0.15, 0.2) is 0 Å². The standard InChI is InChI=1S/C10H22N2O/c1-5-11-9(4)8-10(13)12(6-2)7-3/h9,11H,5-8H2,1-4H3. The van der Waals surface area contributed by atoms with Gasteiger partial charge in [0.1, 0.15) is 0 Å². The predicted octanol–water partition coefficient (Wildman–Crippen LogP) is 1.24. The normalized spacial score (nSPS) is 12.6. The van der Waals surface area contributed by atoms with E-state index in [1.807, 2.05) is 25.7 Å². The van der Waals surface area contributed by atoms with Gasteiger partial charge in [-0.05, 0) is 27.3 Å². The second-order valence-electron chi connectivity index (χ2n) is 3.23. The molecule has 0 aliphatic rings. The molecule has 1 unspecified atom stereocenters. The number of hydrogen-bond acceptors (Lipinski definition) is 2. The second kappa shape index (κ2) is 6.89. The Labute approximate surface area is 81.5 Å². The van der Waals surface area contributed by atoms with Crippen molar-refractivity contribution in [3.05, 3.63) is 0 Å². The van der Waals surface area contributed by atoms with Gasteiger partial charge in [-0.25, -0.2) is 0 Å². The van der Waals surface area contributed by atoms with Crippen molar-refractivity contribution in [3.8, 4) is 0 Å². The van der Waals surface area contributed by atoms with Gasteiger partial charge in [0, 0.05) is 25.6 Å². The summed E-state index contributed by atoms with van der Waals surface area (Å²) in [7, 11) is 0. The van der Waals surface area contributed by atoms with Gasteiger partial charge >= 0.3 is 0 Å². The average molecular weight is 186 g/mol. The zero-order valence-electron chi connectivity index (χ0n) is 9.26. The van der Waals surface area contributed by atoms with Crippen LogP contribution in [0, 0.1) is 0 Å². The van der Waals surface area contributed by atoms with Crippen LogP contribution < -0.4 is 5.32 Å². The molecule has 0 aromatic carbocycles. The van der Waals surface area contributed by atoms with Crippen LogP contribution in [0.15, 0.2) is 0 Å². The zero-order valence-corrected chi connectivity index (χ0v) is 9.26.